The lowest BCUT2D eigenvalue weighted by Gasteiger charge is -2.32. The number of nitrogens with zero attached hydrogens (tertiary/aromatic N) is 3. The van der Waals surface area contributed by atoms with Gasteiger partial charge in [-0.15, -0.1) is 0 Å². The Morgan fingerprint density at radius 2 is 1.72 bits per heavy atom. The summed E-state index contributed by atoms with van der Waals surface area (Å²) in [5.41, 5.74) is 0.788. The zero-order valence-corrected chi connectivity index (χ0v) is 18.6. The predicted octanol–water partition coefficient (Wildman–Crippen LogP) is 1.48. The third kappa shape index (κ3) is 7.22. The molecule has 1 aliphatic rings. The molecule has 8 heteroatoms. The number of benzene rings is 1. The molecule has 1 N–H and O–H groups in total. The number of carbonyl (C=O) groups excluding carboxylic acids is 1. The zero-order chi connectivity index (χ0) is 21.3. The van der Waals surface area contributed by atoms with Crippen molar-refractivity contribution in [2.75, 3.05) is 59.4 Å². The summed E-state index contributed by atoms with van der Waals surface area (Å²) in [6.45, 7) is 10.6. The summed E-state index contributed by atoms with van der Waals surface area (Å²) in [4.78, 5) is 17.0. The Balaban J connectivity index is 1.77. The van der Waals surface area contributed by atoms with E-state index in [4.69, 9.17) is 0 Å². The Hall–Kier alpha value is -1.74. The summed E-state index contributed by atoms with van der Waals surface area (Å²) in [5, 5.41) is 2.90. The number of carbonyl (C=O) groups is 1. The molecule has 0 radical (unpaired) electrons. The minimum absolute atomic E-state index is 0.136. The maximum atomic E-state index is 12.5. The molecule has 0 aliphatic carbocycles. The Kier molecular flexibility index (Phi) is 9.29. The summed E-state index contributed by atoms with van der Waals surface area (Å²) in [6, 6.07) is 6.60. The number of hydrogen-bond acceptors (Lipinski definition) is 5. The first kappa shape index (κ1) is 23.5. The van der Waals surface area contributed by atoms with E-state index in [2.05, 4.69) is 22.2 Å². The van der Waals surface area contributed by atoms with Crippen LogP contribution in [0.2, 0.25) is 0 Å². The van der Waals surface area contributed by atoms with Crippen LogP contribution >= 0.6 is 0 Å². The topological polar surface area (TPSA) is 73.0 Å². The van der Waals surface area contributed by atoms with Crippen molar-refractivity contribution in [1.82, 2.24) is 19.4 Å². The Morgan fingerprint density at radius 1 is 1.10 bits per heavy atom. The SMILES string of the molecule is CCN(CC)S(=O)(=O)c1ccc(C=CC(=O)NCCCN2CCN(C)CC2)cc1. The zero-order valence-electron chi connectivity index (χ0n) is 17.8. The third-order valence-corrected chi connectivity index (χ3v) is 7.26. The number of amides is 1. The fourth-order valence-electron chi connectivity index (χ4n) is 3.28. The molecule has 1 aromatic rings. The lowest BCUT2D eigenvalue weighted by molar-refractivity contribution is -0.116. The molecule has 0 unspecified atom stereocenters. The van der Waals surface area contributed by atoms with Crippen LogP contribution in [0.15, 0.2) is 35.2 Å². The van der Waals surface area contributed by atoms with Gasteiger partial charge in [0.05, 0.1) is 4.90 Å². The van der Waals surface area contributed by atoms with Crippen molar-refractivity contribution in [2.45, 2.75) is 25.2 Å². The summed E-state index contributed by atoms with van der Waals surface area (Å²) >= 11 is 0. The molecule has 0 spiro atoms. The van der Waals surface area contributed by atoms with Gasteiger partial charge >= 0.3 is 0 Å². The summed E-state index contributed by atoms with van der Waals surface area (Å²) < 4.78 is 26.4. The second-order valence-corrected chi connectivity index (χ2v) is 9.22. The van der Waals surface area contributed by atoms with Crippen LogP contribution in [0.3, 0.4) is 0 Å². The predicted molar refractivity (Wildman–Crippen MR) is 117 cm³/mol. The van der Waals surface area contributed by atoms with Gasteiger partial charge in [-0.25, -0.2) is 8.42 Å². The van der Waals surface area contributed by atoms with Crippen molar-refractivity contribution < 1.29 is 13.2 Å². The molecule has 162 valence electrons. The van der Waals surface area contributed by atoms with Crippen LogP contribution in [0.25, 0.3) is 6.08 Å². The maximum Gasteiger partial charge on any atom is 0.243 e. The fourth-order valence-corrected chi connectivity index (χ4v) is 4.74. The van der Waals surface area contributed by atoms with Crippen LogP contribution in [0.4, 0.5) is 0 Å². The van der Waals surface area contributed by atoms with Gasteiger partial charge in [0, 0.05) is 51.9 Å². The smallest absolute Gasteiger partial charge is 0.243 e. The molecular formula is C21H34N4O3S. The minimum Gasteiger partial charge on any atom is -0.353 e. The second-order valence-electron chi connectivity index (χ2n) is 7.28. The van der Waals surface area contributed by atoms with Crippen molar-refractivity contribution in [2.24, 2.45) is 0 Å². The molecule has 1 aliphatic heterocycles. The minimum atomic E-state index is -3.45. The van der Waals surface area contributed by atoms with E-state index in [0.29, 0.717) is 19.6 Å². The summed E-state index contributed by atoms with van der Waals surface area (Å²) in [6.07, 6.45) is 4.12. The lowest BCUT2D eigenvalue weighted by atomic mass is 10.2. The molecule has 1 fully saturated rings. The highest BCUT2D eigenvalue weighted by Gasteiger charge is 2.20. The van der Waals surface area contributed by atoms with Crippen LogP contribution < -0.4 is 5.32 Å². The largest absolute Gasteiger partial charge is 0.353 e. The van der Waals surface area contributed by atoms with Crippen LogP contribution in [0.1, 0.15) is 25.8 Å². The van der Waals surface area contributed by atoms with E-state index in [1.54, 1.807) is 30.3 Å². The highest BCUT2D eigenvalue weighted by atomic mass is 32.2. The Morgan fingerprint density at radius 3 is 2.31 bits per heavy atom. The van der Waals surface area contributed by atoms with Gasteiger partial charge in [-0.1, -0.05) is 26.0 Å². The number of sulfonamides is 1. The summed E-state index contributed by atoms with van der Waals surface area (Å²) in [5.74, 6) is -0.136. The van der Waals surface area contributed by atoms with E-state index in [0.717, 1.165) is 44.7 Å². The third-order valence-electron chi connectivity index (χ3n) is 5.20. The maximum absolute atomic E-state index is 12.5. The van der Waals surface area contributed by atoms with E-state index in [-0.39, 0.29) is 10.8 Å². The number of likely N-dealkylation sites (N-methyl/N-ethyl adjacent to an activating group) is 1. The molecule has 0 atom stereocenters. The molecule has 0 bridgehead atoms. The second kappa shape index (κ2) is 11.4. The van der Waals surface area contributed by atoms with Crippen molar-refractivity contribution in [3.05, 3.63) is 35.9 Å². The number of rotatable bonds is 10. The highest BCUT2D eigenvalue weighted by Crippen LogP contribution is 2.16. The van der Waals surface area contributed by atoms with Gasteiger partial charge in [0.15, 0.2) is 0 Å². The first-order valence-electron chi connectivity index (χ1n) is 10.3. The van der Waals surface area contributed by atoms with Crippen LogP contribution in [0.5, 0.6) is 0 Å². The van der Waals surface area contributed by atoms with Crippen molar-refractivity contribution in [3.8, 4) is 0 Å². The number of nitrogens with one attached hydrogen (secondary N) is 1. The fraction of sp³-hybridized carbons (Fsp3) is 0.571. The Labute approximate surface area is 175 Å². The van der Waals surface area contributed by atoms with Crippen LogP contribution in [-0.2, 0) is 14.8 Å². The molecule has 1 saturated heterocycles. The average Bonchev–Trinajstić information content (AvgIpc) is 2.72. The van der Waals surface area contributed by atoms with Crippen molar-refractivity contribution >= 4 is 22.0 Å². The van der Waals surface area contributed by atoms with Gasteiger partial charge in [0.2, 0.25) is 15.9 Å². The average molecular weight is 423 g/mol. The Bertz CT molecular complexity index is 766. The van der Waals surface area contributed by atoms with Gasteiger partial charge < -0.3 is 15.1 Å². The molecule has 1 aromatic carbocycles. The molecule has 29 heavy (non-hydrogen) atoms. The summed E-state index contributed by atoms with van der Waals surface area (Å²) in [7, 11) is -1.31. The first-order valence-corrected chi connectivity index (χ1v) is 11.8. The van der Waals surface area contributed by atoms with Crippen LogP contribution in [0, 0.1) is 0 Å². The monoisotopic (exact) mass is 422 g/mol. The molecule has 7 nitrogen and oxygen atoms in total. The molecule has 1 amide bonds. The van der Waals surface area contributed by atoms with E-state index in [1.165, 1.54) is 10.4 Å². The van der Waals surface area contributed by atoms with E-state index < -0.39 is 10.0 Å². The van der Waals surface area contributed by atoms with Gasteiger partial charge in [0.1, 0.15) is 0 Å². The first-order chi connectivity index (χ1) is 13.9. The van der Waals surface area contributed by atoms with E-state index >= 15 is 0 Å². The molecule has 1 heterocycles. The van der Waals surface area contributed by atoms with E-state index in [1.807, 2.05) is 13.8 Å². The van der Waals surface area contributed by atoms with Crippen molar-refractivity contribution in [3.63, 3.8) is 0 Å². The number of piperazine rings is 1. The van der Waals surface area contributed by atoms with Crippen molar-refractivity contribution in [1.29, 1.82) is 0 Å². The molecule has 2 rings (SSSR count). The van der Waals surface area contributed by atoms with Gasteiger partial charge in [-0.05, 0) is 43.8 Å². The quantitative estimate of drug-likeness (QED) is 0.457. The van der Waals surface area contributed by atoms with E-state index in [9.17, 15) is 13.2 Å². The van der Waals surface area contributed by atoms with Crippen LogP contribution in [-0.4, -0.2) is 87.8 Å². The lowest BCUT2D eigenvalue weighted by Crippen LogP contribution is -2.45. The highest BCUT2D eigenvalue weighted by molar-refractivity contribution is 7.89. The van der Waals surface area contributed by atoms with Gasteiger partial charge in [-0.3, -0.25) is 4.79 Å². The normalized spacial score (nSPS) is 16.6. The standard InChI is InChI=1S/C21H34N4O3S/c1-4-25(5-2)29(27,28)20-10-7-19(8-11-20)9-12-21(26)22-13-6-14-24-17-15-23(3)16-18-24/h7-12H,4-6,13-18H2,1-3H3,(H,22,26). The van der Waals surface area contributed by atoms with Gasteiger partial charge in [-0.2, -0.15) is 4.31 Å². The van der Waals surface area contributed by atoms with Gasteiger partial charge in [0.25, 0.3) is 0 Å². The number of hydrogen-bond donors (Lipinski definition) is 1. The molecular weight excluding hydrogens is 388 g/mol. The molecule has 0 aromatic heterocycles. The molecule has 0 saturated carbocycles.